The zero-order chi connectivity index (χ0) is 33.0. The van der Waals surface area contributed by atoms with E-state index in [9.17, 15) is 10.1 Å². The van der Waals surface area contributed by atoms with Crippen molar-refractivity contribution in [3.8, 4) is 23.0 Å². The summed E-state index contributed by atoms with van der Waals surface area (Å²) in [6.45, 7) is 4.40. The van der Waals surface area contributed by atoms with Gasteiger partial charge in [0, 0.05) is 61.2 Å². The molecular weight excluding hydrogens is 640 g/mol. The Morgan fingerprint density at radius 1 is 1.21 bits per heavy atom. The summed E-state index contributed by atoms with van der Waals surface area (Å²) in [4.78, 5) is 26.1. The number of hydrogen-bond donors (Lipinski definition) is 1. The molecular formula is C34H34Cl2FN9O. The van der Waals surface area contributed by atoms with E-state index in [1.807, 2.05) is 11.0 Å². The van der Waals surface area contributed by atoms with Crippen LogP contribution in [0.25, 0.3) is 38.8 Å². The molecule has 1 N–H and O–H groups in total. The fraction of sp³-hybridized carbons (Fsp3) is 0.382. The highest BCUT2D eigenvalue weighted by atomic mass is 35.5. The van der Waals surface area contributed by atoms with Gasteiger partial charge in [-0.1, -0.05) is 42.3 Å². The molecule has 2 saturated heterocycles. The maximum absolute atomic E-state index is 17.3. The average molecular weight is 675 g/mol. The first-order valence-corrected chi connectivity index (χ1v) is 16.5. The maximum atomic E-state index is 17.3. The number of benzene rings is 2. The smallest absolute Gasteiger partial charge is 0.320 e. The third-order valence-corrected chi connectivity index (χ3v) is 10.3. The predicted octanol–water partition coefficient (Wildman–Crippen LogP) is 6.94. The van der Waals surface area contributed by atoms with Gasteiger partial charge in [0.25, 0.3) is 0 Å². The Labute approximate surface area is 281 Å². The fourth-order valence-electron chi connectivity index (χ4n) is 7.32. The fourth-order valence-corrected chi connectivity index (χ4v) is 7.72. The lowest BCUT2D eigenvalue weighted by Gasteiger charge is -2.31. The van der Waals surface area contributed by atoms with E-state index in [0.717, 1.165) is 42.5 Å². The Hall–Kier alpha value is -4.24. The van der Waals surface area contributed by atoms with Gasteiger partial charge in [-0.3, -0.25) is 0 Å². The zero-order valence-electron chi connectivity index (χ0n) is 26.3. The van der Waals surface area contributed by atoms with Crippen molar-refractivity contribution in [2.75, 3.05) is 33.7 Å². The molecule has 2 aliphatic heterocycles. The number of urea groups is 1. The van der Waals surface area contributed by atoms with E-state index in [-0.39, 0.29) is 46.6 Å². The van der Waals surface area contributed by atoms with E-state index < -0.39 is 5.82 Å². The summed E-state index contributed by atoms with van der Waals surface area (Å²) < 4.78 is 21.2. The standard InChI is InChI=1S/C34H34Cl2FN9O/c1-19-15-39-16-27(19)46-26(25-10-6-12-44(25)34(47)43(2)3)14-23-32(46)22-13-20(7-5-11-38)28(21-8-4-9-24(35)29(21)36)30(37)31(22)42-33(23)45-18-40-17-41-45/h4,8-9,13-14,17-19,25,27,39H,5-7,10,12,15-16H2,1-3H3/t19-,25-,27-/m1/s1. The van der Waals surface area contributed by atoms with Gasteiger partial charge in [0.05, 0.1) is 33.7 Å². The van der Waals surface area contributed by atoms with Gasteiger partial charge in [-0.25, -0.2) is 23.8 Å². The van der Waals surface area contributed by atoms with E-state index in [1.54, 1.807) is 48.2 Å². The summed E-state index contributed by atoms with van der Waals surface area (Å²) in [5, 5.41) is 19.4. The second-order valence-electron chi connectivity index (χ2n) is 12.6. The second-order valence-corrected chi connectivity index (χ2v) is 13.4. The number of likely N-dealkylation sites (tertiary alicyclic amines) is 1. The number of nitrogens with one attached hydrogen (secondary N) is 1. The monoisotopic (exact) mass is 673 g/mol. The number of pyridine rings is 1. The molecule has 13 heteroatoms. The van der Waals surface area contributed by atoms with Crippen LogP contribution >= 0.6 is 23.2 Å². The van der Waals surface area contributed by atoms with Crippen LogP contribution in [0, 0.1) is 23.1 Å². The van der Waals surface area contributed by atoms with Crippen molar-refractivity contribution in [2.45, 2.75) is 44.7 Å². The average Bonchev–Trinajstić information content (AvgIpc) is 3.88. The minimum atomic E-state index is -0.556. The molecule has 242 valence electrons. The molecule has 2 aliphatic rings. The molecule has 2 amide bonds. The number of amides is 2. The first-order chi connectivity index (χ1) is 22.7. The Kier molecular flexibility index (Phi) is 8.28. The van der Waals surface area contributed by atoms with Gasteiger partial charge in [0.2, 0.25) is 0 Å². The quantitative estimate of drug-likeness (QED) is 0.209. The predicted molar refractivity (Wildman–Crippen MR) is 180 cm³/mol. The molecule has 47 heavy (non-hydrogen) atoms. The lowest BCUT2D eigenvalue weighted by Crippen LogP contribution is -2.39. The summed E-state index contributed by atoms with van der Waals surface area (Å²) >= 11 is 13.1. The number of aryl methyl sites for hydroxylation is 1. The molecule has 0 unspecified atom stereocenters. The van der Waals surface area contributed by atoms with E-state index in [0.29, 0.717) is 40.3 Å². The van der Waals surface area contributed by atoms with Crippen LogP contribution in [0.3, 0.4) is 0 Å². The Bertz CT molecular complexity index is 2050. The molecule has 5 aromatic rings. The van der Waals surface area contributed by atoms with Crippen LogP contribution in [0.5, 0.6) is 0 Å². The van der Waals surface area contributed by atoms with Crippen molar-refractivity contribution >= 4 is 51.0 Å². The molecule has 7 rings (SSSR count). The summed E-state index contributed by atoms with van der Waals surface area (Å²) in [5.41, 5.74) is 3.26. The molecule has 0 spiro atoms. The van der Waals surface area contributed by atoms with E-state index in [1.165, 1.54) is 6.33 Å². The van der Waals surface area contributed by atoms with Crippen LogP contribution in [0.2, 0.25) is 10.0 Å². The molecule has 0 aliphatic carbocycles. The third-order valence-electron chi connectivity index (χ3n) is 9.50. The van der Waals surface area contributed by atoms with Crippen LogP contribution in [0.15, 0.2) is 43.0 Å². The molecule has 2 fully saturated rings. The summed E-state index contributed by atoms with van der Waals surface area (Å²) in [7, 11) is 3.54. The maximum Gasteiger partial charge on any atom is 0.320 e. The lowest BCUT2D eigenvalue weighted by atomic mass is 9.93. The normalized spacial score (nSPS) is 19.6. The number of carbonyl (C=O) groups excluding carboxylic acids is 1. The number of halogens is 3. The number of carbonyl (C=O) groups is 1. The first-order valence-electron chi connectivity index (χ1n) is 15.8. The highest BCUT2D eigenvalue weighted by molar-refractivity contribution is 6.43. The first kappa shape index (κ1) is 31.4. The van der Waals surface area contributed by atoms with Gasteiger partial charge in [-0.05, 0) is 55.5 Å². The van der Waals surface area contributed by atoms with Crippen molar-refractivity contribution in [3.05, 3.63) is 70.1 Å². The Morgan fingerprint density at radius 2 is 2.04 bits per heavy atom. The summed E-state index contributed by atoms with van der Waals surface area (Å²) in [5.74, 6) is 0.133. The van der Waals surface area contributed by atoms with Crippen LogP contribution in [-0.2, 0) is 6.42 Å². The third kappa shape index (κ3) is 5.19. The molecule has 0 saturated carbocycles. The van der Waals surface area contributed by atoms with Crippen molar-refractivity contribution in [1.29, 1.82) is 5.26 Å². The van der Waals surface area contributed by atoms with Gasteiger partial charge in [-0.2, -0.15) is 10.4 Å². The highest BCUT2D eigenvalue weighted by Crippen LogP contribution is 2.45. The minimum Gasteiger partial charge on any atom is -0.337 e. The largest absolute Gasteiger partial charge is 0.337 e. The molecule has 10 nitrogen and oxygen atoms in total. The van der Waals surface area contributed by atoms with Gasteiger partial charge in [-0.15, -0.1) is 0 Å². The number of aromatic nitrogens is 5. The molecule has 3 atom stereocenters. The Balaban J connectivity index is 1.62. The number of nitriles is 1. The molecule has 0 bridgehead atoms. The SMILES string of the molecule is C[C@@H]1CNC[C@H]1n1c([C@H]2CCCN2C(=O)N(C)C)cc2c(-n3cncn3)nc3c(F)c(-c4cccc(Cl)c4Cl)c(CCC#N)cc3c21. The van der Waals surface area contributed by atoms with Gasteiger partial charge in [0.15, 0.2) is 11.6 Å². The van der Waals surface area contributed by atoms with E-state index in [2.05, 4.69) is 39.0 Å². The van der Waals surface area contributed by atoms with Crippen molar-refractivity contribution in [2.24, 2.45) is 5.92 Å². The number of fused-ring (bicyclic) bond motifs is 3. The van der Waals surface area contributed by atoms with Gasteiger partial charge >= 0.3 is 6.03 Å². The van der Waals surface area contributed by atoms with Crippen LogP contribution in [-0.4, -0.2) is 73.9 Å². The summed E-state index contributed by atoms with van der Waals surface area (Å²) in [6.07, 6.45) is 5.13. The van der Waals surface area contributed by atoms with Crippen LogP contribution < -0.4 is 5.32 Å². The van der Waals surface area contributed by atoms with E-state index >= 15 is 4.39 Å². The number of rotatable bonds is 6. The lowest BCUT2D eigenvalue weighted by molar-refractivity contribution is 0.164. The van der Waals surface area contributed by atoms with E-state index in [4.69, 9.17) is 28.2 Å². The highest BCUT2D eigenvalue weighted by Gasteiger charge is 2.38. The zero-order valence-corrected chi connectivity index (χ0v) is 27.9. The van der Waals surface area contributed by atoms with Gasteiger partial charge in [0.1, 0.15) is 18.2 Å². The molecule has 5 heterocycles. The topological polar surface area (TPSA) is 108 Å². The molecule has 2 aromatic carbocycles. The molecule has 3 aromatic heterocycles. The number of hydrogen-bond acceptors (Lipinski definition) is 6. The van der Waals surface area contributed by atoms with Crippen molar-refractivity contribution in [3.63, 3.8) is 0 Å². The van der Waals surface area contributed by atoms with Gasteiger partial charge < -0.3 is 19.7 Å². The second kappa shape index (κ2) is 12.4. The van der Waals surface area contributed by atoms with Crippen LogP contribution in [0.4, 0.5) is 9.18 Å². The van der Waals surface area contributed by atoms with Crippen LogP contribution in [0.1, 0.15) is 49.5 Å². The minimum absolute atomic E-state index is 0.0290. The molecule has 0 radical (unpaired) electrons. The van der Waals surface area contributed by atoms with Crippen molar-refractivity contribution in [1.82, 2.24) is 39.4 Å². The summed E-state index contributed by atoms with van der Waals surface area (Å²) in [6, 6.07) is 11.2. The Morgan fingerprint density at radius 3 is 2.74 bits per heavy atom. The number of nitrogens with zero attached hydrogens (tertiary/aromatic N) is 8. The van der Waals surface area contributed by atoms with Crippen molar-refractivity contribution < 1.29 is 9.18 Å².